The molecule has 0 saturated heterocycles. The molecule has 0 radical (unpaired) electrons. The minimum absolute atomic E-state index is 0.229. The third-order valence-corrected chi connectivity index (χ3v) is 4.03. The molecule has 0 spiro atoms. The first-order valence-electron chi connectivity index (χ1n) is 9.01. The normalized spacial score (nSPS) is 10.4. The Morgan fingerprint density at radius 1 is 1.07 bits per heavy atom. The Hall–Kier alpha value is -3.35. The highest BCUT2D eigenvalue weighted by Crippen LogP contribution is 2.11. The van der Waals surface area contributed by atoms with Gasteiger partial charge in [-0.25, -0.2) is 14.8 Å². The van der Waals surface area contributed by atoms with Crippen molar-refractivity contribution in [3.8, 4) is 5.82 Å². The van der Waals surface area contributed by atoms with Gasteiger partial charge in [-0.15, -0.1) is 0 Å². The molecule has 3 aromatic rings. The number of aryl methyl sites for hydroxylation is 2. The van der Waals surface area contributed by atoms with Gasteiger partial charge in [0.25, 0.3) is 0 Å². The van der Waals surface area contributed by atoms with Gasteiger partial charge >= 0.3 is 6.03 Å². The summed E-state index contributed by atoms with van der Waals surface area (Å²) in [5.41, 5.74) is 2.02. The van der Waals surface area contributed by atoms with E-state index >= 15 is 0 Å². The van der Waals surface area contributed by atoms with Gasteiger partial charge in [-0.1, -0.05) is 19.1 Å². The summed E-state index contributed by atoms with van der Waals surface area (Å²) >= 11 is 0. The molecular formula is C20H24N6O. The van der Waals surface area contributed by atoms with Gasteiger partial charge in [0, 0.05) is 37.2 Å². The zero-order valence-corrected chi connectivity index (χ0v) is 15.6. The Labute approximate surface area is 158 Å². The number of amides is 2. The molecule has 7 heteroatoms. The Balaban J connectivity index is 1.46. The van der Waals surface area contributed by atoms with Crippen molar-refractivity contribution >= 4 is 17.5 Å². The highest BCUT2D eigenvalue weighted by molar-refractivity contribution is 5.89. The number of nitrogens with zero attached hydrogens (tertiary/aromatic N) is 3. The molecule has 0 bridgehead atoms. The van der Waals surface area contributed by atoms with Gasteiger partial charge in [-0.2, -0.15) is 0 Å². The fourth-order valence-electron chi connectivity index (χ4n) is 2.63. The first-order valence-corrected chi connectivity index (χ1v) is 9.01. The van der Waals surface area contributed by atoms with Crippen LogP contribution in [-0.2, 0) is 6.42 Å². The van der Waals surface area contributed by atoms with Gasteiger partial charge in [0.15, 0.2) is 0 Å². The Morgan fingerprint density at radius 2 is 1.81 bits per heavy atom. The van der Waals surface area contributed by atoms with Crippen molar-refractivity contribution < 1.29 is 4.79 Å². The van der Waals surface area contributed by atoms with Crippen LogP contribution in [0.25, 0.3) is 5.82 Å². The smallest absolute Gasteiger partial charge is 0.319 e. The molecule has 0 fully saturated rings. The molecule has 0 atom stereocenters. The second kappa shape index (κ2) is 8.84. The van der Waals surface area contributed by atoms with Gasteiger partial charge in [-0.05, 0) is 43.2 Å². The lowest BCUT2D eigenvalue weighted by Crippen LogP contribution is -2.32. The number of aromatic nitrogens is 3. The maximum atomic E-state index is 12.0. The van der Waals surface area contributed by atoms with Crippen molar-refractivity contribution in [3.63, 3.8) is 0 Å². The number of rotatable bonds is 7. The summed E-state index contributed by atoms with van der Waals surface area (Å²) in [6.45, 7) is 4.99. The van der Waals surface area contributed by atoms with Crippen LogP contribution in [0.3, 0.4) is 0 Å². The maximum Gasteiger partial charge on any atom is 0.319 e. The van der Waals surface area contributed by atoms with E-state index in [0.717, 1.165) is 23.7 Å². The molecule has 3 rings (SSSR count). The molecular weight excluding hydrogens is 340 g/mol. The lowest BCUT2D eigenvalue weighted by Gasteiger charge is -2.11. The second-order valence-corrected chi connectivity index (χ2v) is 6.11. The first kappa shape index (κ1) is 18.4. The standard InChI is InChI=1S/C20H24N6O/c1-3-16-6-8-17(9-7-16)25-20(27)22-11-10-21-18-14-19(24-15(2)23-18)26-12-4-5-13-26/h4-9,12-14H,3,10-11H2,1-2H3,(H,21,23,24)(H2,22,25,27). The number of hydrogen-bond acceptors (Lipinski definition) is 4. The number of nitrogens with one attached hydrogen (secondary N) is 3. The maximum absolute atomic E-state index is 12.0. The summed E-state index contributed by atoms with van der Waals surface area (Å²) in [4.78, 5) is 20.8. The summed E-state index contributed by atoms with van der Waals surface area (Å²) in [5.74, 6) is 2.21. The molecule has 0 aliphatic rings. The van der Waals surface area contributed by atoms with Crippen LogP contribution in [0.5, 0.6) is 0 Å². The van der Waals surface area contributed by atoms with Gasteiger partial charge in [-0.3, -0.25) is 0 Å². The summed E-state index contributed by atoms with van der Waals surface area (Å²) in [6, 6.07) is 13.4. The number of urea groups is 1. The van der Waals surface area contributed by atoms with Crippen molar-refractivity contribution in [2.75, 3.05) is 23.7 Å². The van der Waals surface area contributed by atoms with Crippen molar-refractivity contribution in [1.82, 2.24) is 19.9 Å². The molecule has 0 aliphatic heterocycles. The Morgan fingerprint density at radius 3 is 2.52 bits per heavy atom. The SMILES string of the molecule is CCc1ccc(NC(=O)NCCNc2cc(-n3cccc3)nc(C)n2)cc1. The van der Waals surface area contributed by atoms with E-state index in [4.69, 9.17) is 0 Å². The van der Waals surface area contributed by atoms with E-state index in [1.54, 1.807) is 0 Å². The summed E-state index contributed by atoms with van der Waals surface area (Å²) in [7, 11) is 0. The molecule has 1 aromatic carbocycles. The molecule has 2 aromatic heterocycles. The van der Waals surface area contributed by atoms with Crippen LogP contribution in [0.2, 0.25) is 0 Å². The van der Waals surface area contributed by atoms with Crippen LogP contribution < -0.4 is 16.0 Å². The molecule has 3 N–H and O–H groups in total. The van der Waals surface area contributed by atoms with Crippen LogP contribution in [0.15, 0.2) is 54.9 Å². The Kier molecular flexibility index (Phi) is 6.04. The number of anilines is 2. The van der Waals surface area contributed by atoms with Gasteiger partial charge in [0.1, 0.15) is 17.5 Å². The van der Waals surface area contributed by atoms with Crippen LogP contribution >= 0.6 is 0 Å². The van der Waals surface area contributed by atoms with E-state index in [2.05, 4.69) is 32.8 Å². The van der Waals surface area contributed by atoms with Crippen LogP contribution in [0.1, 0.15) is 18.3 Å². The predicted molar refractivity (Wildman–Crippen MR) is 107 cm³/mol. The molecule has 140 valence electrons. The van der Waals surface area contributed by atoms with E-state index in [9.17, 15) is 4.79 Å². The van der Waals surface area contributed by atoms with E-state index < -0.39 is 0 Å². The topological polar surface area (TPSA) is 83.9 Å². The van der Waals surface area contributed by atoms with E-state index in [0.29, 0.717) is 18.9 Å². The summed E-state index contributed by atoms with van der Waals surface area (Å²) < 4.78 is 1.93. The van der Waals surface area contributed by atoms with E-state index in [-0.39, 0.29) is 6.03 Å². The van der Waals surface area contributed by atoms with Gasteiger partial charge in [0.05, 0.1) is 0 Å². The molecule has 2 heterocycles. The molecule has 2 amide bonds. The fraction of sp³-hybridized carbons (Fsp3) is 0.250. The monoisotopic (exact) mass is 364 g/mol. The fourth-order valence-corrected chi connectivity index (χ4v) is 2.63. The average Bonchev–Trinajstić information content (AvgIpc) is 3.20. The predicted octanol–water partition coefficient (Wildman–Crippen LogP) is 3.37. The highest BCUT2D eigenvalue weighted by atomic mass is 16.2. The van der Waals surface area contributed by atoms with Crippen LogP contribution in [0, 0.1) is 6.92 Å². The molecule has 7 nitrogen and oxygen atoms in total. The molecule has 0 aliphatic carbocycles. The minimum Gasteiger partial charge on any atom is -0.368 e. The quantitative estimate of drug-likeness (QED) is 0.561. The van der Waals surface area contributed by atoms with Crippen molar-refractivity contribution in [1.29, 1.82) is 0 Å². The Bertz CT molecular complexity index is 874. The molecule has 0 unspecified atom stereocenters. The van der Waals surface area contributed by atoms with E-state index in [1.807, 2.05) is 66.3 Å². The van der Waals surface area contributed by atoms with Crippen LogP contribution in [0.4, 0.5) is 16.3 Å². The number of carbonyl (C=O) groups excluding carboxylic acids is 1. The molecule has 0 saturated carbocycles. The lowest BCUT2D eigenvalue weighted by molar-refractivity contribution is 0.252. The summed E-state index contributed by atoms with van der Waals surface area (Å²) in [5, 5.41) is 8.86. The van der Waals surface area contributed by atoms with Gasteiger partial charge in [0.2, 0.25) is 0 Å². The average molecular weight is 364 g/mol. The largest absolute Gasteiger partial charge is 0.368 e. The van der Waals surface area contributed by atoms with Crippen molar-refractivity contribution in [3.05, 3.63) is 66.2 Å². The minimum atomic E-state index is -0.229. The van der Waals surface area contributed by atoms with Crippen molar-refractivity contribution in [2.45, 2.75) is 20.3 Å². The zero-order valence-electron chi connectivity index (χ0n) is 15.6. The molecule has 27 heavy (non-hydrogen) atoms. The first-order chi connectivity index (χ1) is 13.1. The number of carbonyl (C=O) groups is 1. The highest BCUT2D eigenvalue weighted by Gasteiger charge is 2.04. The van der Waals surface area contributed by atoms with Crippen LogP contribution in [-0.4, -0.2) is 33.7 Å². The number of hydrogen-bond donors (Lipinski definition) is 3. The second-order valence-electron chi connectivity index (χ2n) is 6.11. The number of benzene rings is 1. The third-order valence-electron chi connectivity index (χ3n) is 4.03. The summed E-state index contributed by atoms with van der Waals surface area (Å²) in [6.07, 6.45) is 4.85. The third kappa shape index (κ3) is 5.31. The zero-order chi connectivity index (χ0) is 19.1. The van der Waals surface area contributed by atoms with E-state index in [1.165, 1.54) is 5.56 Å². The lowest BCUT2D eigenvalue weighted by atomic mass is 10.1. The van der Waals surface area contributed by atoms with Crippen molar-refractivity contribution in [2.24, 2.45) is 0 Å². The van der Waals surface area contributed by atoms with Gasteiger partial charge < -0.3 is 20.5 Å².